The predicted octanol–water partition coefficient (Wildman–Crippen LogP) is 3.90. The van der Waals surface area contributed by atoms with Gasteiger partial charge in [-0.15, -0.1) is 0 Å². The molecule has 1 unspecified atom stereocenters. The lowest BCUT2D eigenvalue weighted by molar-refractivity contribution is 0.0845. The average molecular weight is 279 g/mol. The van der Waals surface area contributed by atoms with E-state index >= 15 is 0 Å². The van der Waals surface area contributed by atoms with Crippen molar-refractivity contribution in [3.8, 4) is 5.75 Å². The highest BCUT2D eigenvalue weighted by Gasteiger charge is 2.23. The van der Waals surface area contributed by atoms with Crippen LogP contribution in [0.15, 0.2) is 18.2 Å². The van der Waals surface area contributed by atoms with Gasteiger partial charge >= 0.3 is 0 Å². The molecule has 0 aliphatic heterocycles. The number of hydrogen-bond donors (Lipinski definition) is 1. The first-order chi connectivity index (χ1) is 9.54. The number of phenolic OH excluding ortho intramolecular Hbond substituents is 1. The maximum Gasteiger partial charge on any atom is 0.120 e. The molecule has 0 saturated heterocycles. The highest BCUT2D eigenvalue weighted by atomic mass is 16.5. The van der Waals surface area contributed by atoms with Crippen LogP contribution in [-0.2, 0) is 4.74 Å². The van der Waals surface area contributed by atoms with Crippen molar-refractivity contribution >= 4 is 0 Å². The molecule has 3 heteroatoms. The van der Waals surface area contributed by atoms with Crippen LogP contribution in [0, 0.1) is 6.92 Å². The molecule has 1 aromatic rings. The van der Waals surface area contributed by atoms with Crippen molar-refractivity contribution in [1.29, 1.82) is 0 Å². The van der Waals surface area contributed by atoms with Crippen LogP contribution in [-0.4, -0.2) is 36.3 Å². The zero-order valence-corrected chi connectivity index (χ0v) is 13.5. The van der Waals surface area contributed by atoms with Gasteiger partial charge in [0.25, 0.3) is 0 Å². The average Bonchev–Trinajstić information content (AvgIpc) is 2.45. The summed E-state index contributed by atoms with van der Waals surface area (Å²) in [6.07, 6.45) is 2.22. The third-order valence-electron chi connectivity index (χ3n) is 4.10. The van der Waals surface area contributed by atoms with Crippen molar-refractivity contribution in [3.05, 3.63) is 29.3 Å². The molecule has 1 aromatic carbocycles. The molecule has 3 nitrogen and oxygen atoms in total. The van der Waals surface area contributed by atoms with Gasteiger partial charge in [-0.25, -0.2) is 0 Å². The summed E-state index contributed by atoms with van der Waals surface area (Å²) >= 11 is 0. The van der Waals surface area contributed by atoms with Crippen LogP contribution in [0.1, 0.15) is 50.8 Å². The lowest BCUT2D eigenvalue weighted by atomic mass is 10.00. The van der Waals surface area contributed by atoms with Gasteiger partial charge < -0.3 is 9.84 Å². The highest BCUT2D eigenvalue weighted by Crippen LogP contribution is 2.31. The van der Waals surface area contributed by atoms with E-state index in [1.54, 1.807) is 13.2 Å². The van der Waals surface area contributed by atoms with Crippen molar-refractivity contribution in [2.24, 2.45) is 0 Å². The molecule has 0 saturated carbocycles. The minimum Gasteiger partial charge on any atom is -0.508 e. The van der Waals surface area contributed by atoms with Gasteiger partial charge in [-0.3, -0.25) is 4.90 Å². The zero-order chi connectivity index (χ0) is 15.1. The van der Waals surface area contributed by atoms with E-state index in [9.17, 15) is 5.11 Å². The third kappa shape index (κ3) is 4.22. The number of aromatic hydroxyl groups is 1. The zero-order valence-electron chi connectivity index (χ0n) is 13.5. The van der Waals surface area contributed by atoms with E-state index in [4.69, 9.17) is 4.74 Å². The van der Waals surface area contributed by atoms with Gasteiger partial charge in [0.1, 0.15) is 5.75 Å². The molecule has 0 aliphatic carbocycles. The number of ether oxygens (including phenoxy) is 1. The summed E-state index contributed by atoms with van der Waals surface area (Å²) in [7, 11) is 1.74. The Labute approximate surface area is 123 Å². The molecule has 114 valence electrons. The standard InChI is InChI=1S/C17H29NO2/c1-6-15(7-2)18(10-11-20-5)14(4)16-12-13(3)8-9-17(16)19/h8-9,12,14-15,19H,6-7,10-11H2,1-5H3. The molecule has 0 bridgehead atoms. The molecular weight excluding hydrogens is 250 g/mol. The van der Waals surface area contributed by atoms with E-state index in [1.165, 1.54) is 5.56 Å². The normalized spacial score (nSPS) is 13.2. The molecule has 0 spiro atoms. The molecular formula is C17H29NO2. The second-order valence-electron chi connectivity index (χ2n) is 5.44. The second-order valence-corrected chi connectivity index (χ2v) is 5.44. The van der Waals surface area contributed by atoms with E-state index in [-0.39, 0.29) is 6.04 Å². The topological polar surface area (TPSA) is 32.7 Å². The van der Waals surface area contributed by atoms with Crippen LogP contribution in [0.4, 0.5) is 0 Å². The molecule has 0 aromatic heterocycles. The van der Waals surface area contributed by atoms with Crippen LogP contribution < -0.4 is 0 Å². The lowest BCUT2D eigenvalue weighted by Crippen LogP contribution is -2.39. The number of aryl methyl sites for hydroxylation is 1. The maximum atomic E-state index is 10.1. The van der Waals surface area contributed by atoms with E-state index in [2.05, 4.69) is 38.7 Å². The maximum absolute atomic E-state index is 10.1. The molecule has 0 fully saturated rings. The summed E-state index contributed by atoms with van der Waals surface area (Å²) in [6.45, 7) is 10.3. The van der Waals surface area contributed by atoms with E-state index in [1.807, 2.05) is 6.07 Å². The summed E-state index contributed by atoms with van der Waals surface area (Å²) in [5.74, 6) is 0.386. The molecule has 0 radical (unpaired) electrons. The van der Waals surface area contributed by atoms with Crippen molar-refractivity contribution < 1.29 is 9.84 Å². The Bertz CT molecular complexity index is 402. The quantitative estimate of drug-likeness (QED) is 0.783. The number of rotatable bonds is 8. The molecule has 20 heavy (non-hydrogen) atoms. The van der Waals surface area contributed by atoms with Gasteiger partial charge in [0.05, 0.1) is 6.61 Å². The Balaban J connectivity index is 3.01. The van der Waals surface area contributed by atoms with E-state index in [0.29, 0.717) is 18.4 Å². The Morgan fingerprint density at radius 1 is 1.25 bits per heavy atom. The van der Waals surface area contributed by atoms with Crippen molar-refractivity contribution in [2.75, 3.05) is 20.3 Å². The van der Waals surface area contributed by atoms with Crippen molar-refractivity contribution in [2.45, 2.75) is 52.6 Å². The lowest BCUT2D eigenvalue weighted by Gasteiger charge is -2.36. The first-order valence-electron chi connectivity index (χ1n) is 7.59. The van der Waals surface area contributed by atoms with Gasteiger partial charge in [0.15, 0.2) is 0 Å². The molecule has 1 rings (SSSR count). The largest absolute Gasteiger partial charge is 0.508 e. The van der Waals surface area contributed by atoms with Crippen LogP contribution >= 0.6 is 0 Å². The summed E-state index contributed by atoms with van der Waals surface area (Å²) in [6, 6.07) is 6.53. The minimum atomic E-state index is 0.190. The fraction of sp³-hybridized carbons (Fsp3) is 0.647. The summed E-state index contributed by atoms with van der Waals surface area (Å²) in [5.41, 5.74) is 2.19. The van der Waals surface area contributed by atoms with Gasteiger partial charge in [-0.2, -0.15) is 0 Å². The number of benzene rings is 1. The first-order valence-corrected chi connectivity index (χ1v) is 7.59. The fourth-order valence-electron chi connectivity index (χ4n) is 2.83. The Kier molecular flexibility index (Phi) is 7.03. The summed E-state index contributed by atoms with van der Waals surface area (Å²) < 4.78 is 5.25. The van der Waals surface area contributed by atoms with E-state index in [0.717, 1.165) is 24.9 Å². The highest BCUT2D eigenvalue weighted by molar-refractivity contribution is 5.37. The molecule has 0 amide bonds. The summed E-state index contributed by atoms with van der Waals surface area (Å²) in [5, 5.41) is 10.1. The van der Waals surface area contributed by atoms with Gasteiger partial charge in [-0.05, 0) is 32.8 Å². The van der Waals surface area contributed by atoms with Crippen LogP contribution in [0.3, 0.4) is 0 Å². The van der Waals surface area contributed by atoms with Gasteiger partial charge in [0, 0.05) is 31.3 Å². The molecule has 1 N–H and O–H groups in total. The van der Waals surface area contributed by atoms with Crippen LogP contribution in [0.25, 0.3) is 0 Å². The van der Waals surface area contributed by atoms with Crippen molar-refractivity contribution in [3.63, 3.8) is 0 Å². The summed E-state index contributed by atoms with van der Waals surface area (Å²) in [4.78, 5) is 2.44. The van der Waals surface area contributed by atoms with Gasteiger partial charge in [0.2, 0.25) is 0 Å². The number of phenols is 1. The molecule has 0 heterocycles. The van der Waals surface area contributed by atoms with Crippen LogP contribution in [0.2, 0.25) is 0 Å². The monoisotopic (exact) mass is 279 g/mol. The molecule has 1 atom stereocenters. The SMILES string of the molecule is CCC(CC)N(CCOC)C(C)c1cc(C)ccc1O. The predicted molar refractivity (Wildman–Crippen MR) is 84.2 cm³/mol. The Hall–Kier alpha value is -1.06. The number of nitrogens with zero attached hydrogens (tertiary/aromatic N) is 1. The van der Waals surface area contributed by atoms with Crippen molar-refractivity contribution in [1.82, 2.24) is 4.90 Å². The van der Waals surface area contributed by atoms with Gasteiger partial charge in [-0.1, -0.05) is 31.5 Å². The smallest absolute Gasteiger partial charge is 0.120 e. The van der Waals surface area contributed by atoms with E-state index < -0.39 is 0 Å². The number of hydrogen-bond acceptors (Lipinski definition) is 3. The second kappa shape index (κ2) is 8.28. The minimum absolute atomic E-state index is 0.190. The third-order valence-corrected chi connectivity index (χ3v) is 4.10. The fourth-order valence-corrected chi connectivity index (χ4v) is 2.83. The Morgan fingerprint density at radius 3 is 2.45 bits per heavy atom. The number of methoxy groups -OCH3 is 1. The molecule has 0 aliphatic rings. The Morgan fingerprint density at radius 2 is 1.90 bits per heavy atom. The van der Waals surface area contributed by atoms with Crippen LogP contribution in [0.5, 0.6) is 5.75 Å². The first kappa shape index (κ1) is 17.0.